The van der Waals surface area contributed by atoms with Gasteiger partial charge >= 0.3 is 13.7 Å². The number of ether oxygens (including phenoxy) is 3. The second-order valence-corrected chi connectivity index (χ2v) is 16.3. The summed E-state index contributed by atoms with van der Waals surface area (Å²) < 4.78 is 68.6. The van der Waals surface area contributed by atoms with Gasteiger partial charge in [-0.1, -0.05) is 36.7 Å². The van der Waals surface area contributed by atoms with E-state index in [1.165, 1.54) is 49.3 Å². The molecule has 5 atom stereocenters. The zero-order chi connectivity index (χ0) is 37.4. The normalized spacial score (nSPS) is 22.1. The number of nitrogens with zero attached hydrogens (tertiary/aromatic N) is 5. The van der Waals surface area contributed by atoms with Crippen LogP contribution in [-0.2, 0) is 40.0 Å². The van der Waals surface area contributed by atoms with Crippen molar-refractivity contribution in [1.82, 2.24) is 29.4 Å². The highest BCUT2D eigenvalue weighted by Crippen LogP contribution is 2.53. The molecular formula is C31H38ClN8O10PS. The molecule has 0 spiro atoms. The number of nitrogens with two attached hydrogens (primary N) is 1. The Morgan fingerprint density at radius 3 is 2.60 bits per heavy atom. The van der Waals surface area contributed by atoms with Gasteiger partial charge in [-0.3, -0.25) is 18.9 Å². The molecule has 1 saturated carbocycles. The molecule has 1 saturated heterocycles. The number of aliphatic hydroxyl groups excluding tert-OH is 1. The van der Waals surface area contributed by atoms with Gasteiger partial charge in [0.05, 0.1) is 32.4 Å². The van der Waals surface area contributed by atoms with Crippen LogP contribution in [0.2, 0.25) is 5.02 Å². The number of hydrogen-bond donors (Lipinski definition) is 4. The third kappa shape index (κ3) is 8.26. The molecule has 2 aliphatic rings. The highest BCUT2D eigenvalue weighted by Gasteiger charge is 2.57. The topological polar surface area (TPSA) is 232 Å². The van der Waals surface area contributed by atoms with Gasteiger partial charge in [-0.2, -0.15) is 15.1 Å². The molecule has 1 aliphatic heterocycles. The molecule has 3 heterocycles. The number of sulfonamides is 1. The van der Waals surface area contributed by atoms with Gasteiger partial charge in [0.25, 0.3) is 0 Å². The van der Waals surface area contributed by atoms with Crippen molar-refractivity contribution in [2.75, 3.05) is 37.8 Å². The van der Waals surface area contributed by atoms with E-state index in [0.29, 0.717) is 29.2 Å². The molecule has 4 aromatic rings. The Labute approximate surface area is 304 Å². The van der Waals surface area contributed by atoms with Gasteiger partial charge in [-0.15, -0.1) is 4.83 Å². The lowest BCUT2D eigenvalue weighted by molar-refractivity contribution is -0.148. The summed E-state index contributed by atoms with van der Waals surface area (Å²) in [5.74, 6) is -0.628. The largest absolute Gasteiger partial charge is 0.496 e. The second kappa shape index (κ2) is 14.7. The summed E-state index contributed by atoms with van der Waals surface area (Å²) in [6.07, 6.45) is -0.0673. The van der Waals surface area contributed by atoms with Gasteiger partial charge in [-0.25, -0.2) is 18.0 Å². The number of halogens is 1. The Kier molecular flexibility index (Phi) is 10.7. The van der Waals surface area contributed by atoms with Crippen LogP contribution in [0.4, 0.5) is 11.8 Å². The molecule has 3 unspecified atom stereocenters. The Hall–Kier alpha value is -4.07. The van der Waals surface area contributed by atoms with E-state index in [1.807, 2.05) is 0 Å². The van der Waals surface area contributed by atoms with Crippen molar-refractivity contribution in [3.8, 4) is 11.5 Å². The maximum absolute atomic E-state index is 14.4. The molecule has 0 amide bonds. The number of methoxy groups -OCH3 is 1. The van der Waals surface area contributed by atoms with Crippen LogP contribution >= 0.6 is 19.3 Å². The Morgan fingerprint density at radius 1 is 1.21 bits per heavy atom. The molecule has 2 fully saturated rings. The third-order valence-electron chi connectivity index (χ3n) is 8.49. The maximum Gasteiger partial charge on any atom is 0.459 e. The first kappa shape index (κ1) is 37.7. The van der Waals surface area contributed by atoms with E-state index in [2.05, 4.69) is 24.9 Å². The van der Waals surface area contributed by atoms with Crippen molar-refractivity contribution >= 4 is 58.3 Å². The average Bonchev–Trinajstić information content (AvgIpc) is 3.66. The smallest absolute Gasteiger partial charge is 0.459 e. The number of fused-ring (bicyclic) bond motifs is 1. The summed E-state index contributed by atoms with van der Waals surface area (Å²) in [7, 11) is -5.09. The predicted octanol–water partition coefficient (Wildman–Crippen LogP) is 2.93. The monoisotopic (exact) mass is 780 g/mol. The molecule has 6 rings (SSSR count). The molecular weight excluding hydrogens is 743 g/mol. The minimum absolute atomic E-state index is 0.0810. The van der Waals surface area contributed by atoms with Crippen LogP contribution in [-0.4, -0.2) is 83.8 Å². The van der Waals surface area contributed by atoms with Crippen LogP contribution in [0.5, 0.6) is 11.5 Å². The van der Waals surface area contributed by atoms with Gasteiger partial charge in [0.2, 0.25) is 16.0 Å². The average molecular weight is 781 g/mol. The molecule has 2 aromatic heterocycles. The fourth-order valence-electron chi connectivity index (χ4n) is 5.72. The van der Waals surface area contributed by atoms with Crippen molar-refractivity contribution in [3.05, 3.63) is 65.4 Å². The predicted molar refractivity (Wildman–Crippen MR) is 189 cm³/mol. The van der Waals surface area contributed by atoms with E-state index in [9.17, 15) is 22.9 Å². The van der Waals surface area contributed by atoms with E-state index >= 15 is 0 Å². The van der Waals surface area contributed by atoms with Crippen molar-refractivity contribution in [2.45, 2.75) is 50.3 Å². The van der Waals surface area contributed by atoms with E-state index in [4.69, 9.17) is 40.6 Å². The van der Waals surface area contributed by atoms with Gasteiger partial charge in [0, 0.05) is 23.6 Å². The maximum atomic E-state index is 14.4. The van der Waals surface area contributed by atoms with Crippen molar-refractivity contribution in [1.29, 1.82) is 0 Å². The van der Waals surface area contributed by atoms with Crippen LogP contribution in [0, 0.1) is 5.92 Å². The number of nitrogens with one attached hydrogen (secondary N) is 2. The molecule has 1 aliphatic carbocycles. The number of anilines is 2. The molecule has 0 radical (unpaired) electrons. The molecule has 52 heavy (non-hydrogen) atoms. The fraction of sp³-hybridized carbons (Fsp3) is 0.419. The molecule has 2 aromatic carbocycles. The number of carbonyl (C=O) groups is 1. The summed E-state index contributed by atoms with van der Waals surface area (Å²) in [5.41, 5.74) is 5.67. The summed E-state index contributed by atoms with van der Waals surface area (Å²) in [5, 5.41) is 15.6. The first-order valence-corrected chi connectivity index (χ1v) is 19.7. The molecule has 0 bridgehead atoms. The molecule has 280 valence electrons. The standard InChI is InChI=1S/C31H38ClN8O10PS/c1-18-25(41)23(49-28(18)40-17-34-24-26(35-30(33)36-27(24)40)39(2)38-52(4,44)45)16-48-51(43,50-21-11-9-20(32)10-12-21)37-31(13-14-31)29(42)47-15-19-7-5-6-8-22(19)46-3/h5-12,17-18,23,25,28,38,41H,13-16H2,1-4H3,(H,37,43)(H2,33,35,36)/t18-,23?,25-,28?,51?/m0/s1. The number of imidazole rings is 1. The van der Waals surface area contributed by atoms with E-state index in [-0.39, 0.29) is 35.3 Å². The highest BCUT2D eigenvalue weighted by molar-refractivity contribution is 7.88. The number of rotatable bonds is 15. The lowest BCUT2D eigenvalue weighted by atomic mass is 10.0. The highest BCUT2D eigenvalue weighted by atomic mass is 35.5. The van der Waals surface area contributed by atoms with E-state index in [0.717, 1.165) is 11.3 Å². The summed E-state index contributed by atoms with van der Waals surface area (Å²) in [4.78, 5) is 28.4. The lowest BCUT2D eigenvalue weighted by Crippen LogP contribution is -2.40. The minimum Gasteiger partial charge on any atom is -0.496 e. The zero-order valence-electron chi connectivity index (χ0n) is 28.5. The first-order chi connectivity index (χ1) is 24.6. The Morgan fingerprint density at radius 2 is 1.92 bits per heavy atom. The van der Waals surface area contributed by atoms with Crippen molar-refractivity contribution in [2.24, 2.45) is 5.92 Å². The fourth-order valence-corrected chi connectivity index (χ4v) is 8.17. The second-order valence-electron chi connectivity index (χ2n) is 12.5. The first-order valence-electron chi connectivity index (χ1n) is 15.9. The number of aromatic nitrogens is 4. The Balaban J connectivity index is 1.20. The Bertz CT molecular complexity index is 2100. The minimum atomic E-state index is -4.37. The van der Waals surface area contributed by atoms with Gasteiger partial charge < -0.3 is 29.6 Å². The van der Waals surface area contributed by atoms with Gasteiger partial charge in [0.15, 0.2) is 17.0 Å². The van der Waals surface area contributed by atoms with Crippen LogP contribution in [0.1, 0.15) is 31.6 Å². The van der Waals surface area contributed by atoms with Crippen LogP contribution in [0.3, 0.4) is 0 Å². The number of hydrazine groups is 1. The summed E-state index contributed by atoms with van der Waals surface area (Å²) in [6, 6.07) is 13.2. The molecule has 21 heteroatoms. The number of hydrogen-bond acceptors (Lipinski definition) is 15. The van der Waals surface area contributed by atoms with E-state index in [1.54, 1.807) is 31.2 Å². The number of esters is 1. The number of aliphatic hydroxyl groups is 1. The lowest BCUT2D eigenvalue weighted by Gasteiger charge is -2.26. The van der Waals surface area contributed by atoms with Crippen LogP contribution < -0.4 is 29.9 Å². The van der Waals surface area contributed by atoms with E-state index < -0.39 is 60.2 Å². The quantitative estimate of drug-likeness (QED) is 0.0772. The summed E-state index contributed by atoms with van der Waals surface area (Å²) in [6.45, 7) is 1.22. The van der Waals surface area contributed by atoms with Crippen LogP contribution in [0.25, 0.3) is 11.2 Å². The SMILES string of the molecule is COc1ccccc1COC(=O)C1(NP(=O)(OCC2OC(n3cnc4c(N(C)NS(C)(=O)=O)nc(N)nc43)[C@@H](C)[C@@H]2O)Oc2ccc(Cl)cc2)CC1. The number of benzene rings is 2. The zero-order valence-corrected chi connectivity index (χ0v) is 31.0. The van der Waals surface area contributed by atoms with Gasteiger partial charge in [0.1, 0.15) is 36.0 Å². The molecule has 5 N–H and O–H groups in total. The van der Waals surface area contributed by atoms with Crippen molar-refractivity contribution < 1.29 is 46.1 Å². The number of nitrogen functional groups attached to an aromatic ring is 1. The van der Waals surface area contributed by atoms with Crippen molar-refractivity contribution in [3.63, 3.8) is 0 Å². The summed E-state index contributed by atoms with van der Waals surface area (Å²) >= 11 is 6.04. The van der Waals surface area contributed by atoms with Crippen LogP contribution in [0.15, 0.2) is 54.9 Å². The number of carbonyl (C=O) groups excluding carboxylic acids is 1. The molecule has 18 nitrogen and oxygen atoms in total. The van der Waals surface area contributed by atoms with Gasteiger partial charge in [-0.05, 0) is 43.2 Å². The third-order valence-corrected chi connectivity index (χ3v) is 11.0. The number of para-hydroxylation sites is 1.